The maximum Gasteiger partial charge on any atom is 0.293 e. The first-order valence-electron chi connectivity index (χ1n) is 40.3. The number of sulfone groups is 2. The third-order valence-corrected chi connectivity index (χ3v) is 30.5. The number of nitrogens with one attached hydrogen (secondary N) is 4. The van der Waals surface area contributed by atoms with Gasteiger partial charge in [0, 0.05) is 78.6 Å². The SMILES string of the molecule is CC(C)(C#Cc1ccc2c(=O)n(-c3ccc(Cl)c4c(NS(=O)(=O)C5CC5)nn(CC(F)F)c34)c([C@H](Cc3cc(F)cc(F)c3)NC(=O)Cn3nc(C(F)F)c4c3C(F)(F)[C@H]3C[C@@H]43)nc2c1)S(C)(=O)=O.Cn1nc(NS(C)(=O)=O)c2c(Cl)ccc(-n3c([C@H](Cc4cc(F)cc(F)c4)NC(=O)Cn4nc(C(F)F)c5c4C(F)(F)[C@H]4C[C@@H]54)nc4cc(C#CC(C)(C)S(C)(=O)=O)ccc4c3=O)c21. The highest BCUT2D eigenvalue weighted by Crippen LogP contribution is 2.69. The molecule has 5 aliphatic rings. The van der Waals surface area contributed by atoms with Crippen molar-refractivity contribution in [3.05, 3.63) is 219 Å². The van der Waals surface area contributed by atoms with Crippen molar-refractivity contribution in [2.45, 2.75) is 156 Å². The maximum absolute atomic E-state index is 15.6. The predicted molar refractivity (Wildman–Crippen MR) is 460 cm³/mol. The second-order valence-electron chi connectivity index (χ2n) is 34.0. The van der Waals surface area contributed by atoms with Gasteiger partial charge in [0.05, 0.1) is 88.6 Å². The van der Waals surface area contributed by atoms with E-state index in [1.54, 1.807) is 0 Å². The summed E-state index contributed by atoms with van der Waals surface area (Å²) >= 11 is 13.3. The molecule has 700 valence electrons. The summed E-state index contributed by atoms with van der Waals surface area (Å²) in [4.78, 5) is 67.9. The molecule has 17 rings (SSSR count). The van der Waals surface area contributed by atoms with Crippen LogP contribution in [0.3, 0.4) is 0 Å². The molecule has 3 fully saturated rings. The Morgan fingerprint density at radius 2 is 0.932 bits per heavy atom. The van der Waals surface area contributed by atoms with E-state index >= 15 is 22.4 Å². The van der Waals surface area contributed by atoms with E-state index in [1.807, 2.05) is 0 Å². The van der Waals surface area contributed by atoms with Gasteiger partial charge in [0.15, 0.2) is 31.3 Å². The van der Waals surface area contributed by atoms with Crippen LogP contribution in [0.1, 0.15) is 158 Å². The van der Waals surface area contributed by atoms with E-state index in [1.165, 1.54) is 100 Å². The van der Waals surface area contributed by atoms with E-state index < -0.39 is 234 Å². The molecule has 5 aliphatic carbocycles. The van der Waals surface area contributed by atoms with Crippen LogP contribution in [0.15, 0.2) is 107 Å². The molecule has 6 heterocycles. The first kappa shape index (κ1) is 94.2. The van der Waals surface area contributed by atoms with Crippen LogP contribution in [-0.2, 0) is 101 Å². The molecule has 0 spiro atoms. The normalized spacial score (nSPS) is 17.7. The fourth-order valence-corrected chi connectivity index (χ4v) is 19.3. The Balaban J connectivity index is 0.000000194. The Morgan fingerprint density at radius 3 is 1.32 bits per heavy atom. The minimum Gasteiger partial charge on any atom is -0.344 e. The number of halogens is 16. The number of fused-ring (bicyclic) bond motifs is 10. The van der Waals surface area contributed by atoms with Crippen molar-refractivity contribution >= 4 is 130 Å². The maximum atomic E-state index is 15.6. The third-order valence-electron chi connectivity index (χ3n) is 23.6. The molecule has 0 radical (unpaired) electrons. The van der Waals surface area contributed by atoms with Gasteiger partial charge in [0.2, 0.25) is 31.9 Å². The van der Waals surface area contributed by atoms with Crippen molar-refractivity contribution in [1.82, 2.24) is 68.9 Å². The van der Waals surface area contributed by atoms with E-state index in [0.717, 1.165) is 52.2 Å². The molecule has 2 amide bonds. The van der Waals surface area contributed by atoms with E-state index in [4.69, 9.17) is 33.2 Å². The molecule has 12 aromatic rings. The van der Waals surface area contributed by atoms with Gasteiger partial charge in [0.1, 0.15) is 86.8 Å². The summed E-state index contributed by atoms with van der Waals surface area (Å²) in [5.41, 5.74) is -6.84. The minimum absolute atomic E-state index is 0.00831. The molecular weight excluding hydrogens is 1900 g/mol. The number of anilines is 2. The predicted octanol–water partition coefficient (Wildman–Crippen LogP) is 13.6. The second kappa shape index (κ2) is 33.6. The van der Waals surface area contributed by atoms with Crippen LogP contribution in [-0.4, -0.2) is 144 Å². The number of aromatic nitrogens is 12. The Labute approximate surface area is 755 Å². The number of hydrogen-bond acceptors (Lipinski definition) is 18. The van der Waals surface area contributed by atoms with Crippen LogP contribution in [0.25, 0.3) is 55.0 Å². The van der Waals surface area contributed by atoms with Crippen molar-refractivity contribution in [3.8, 4) is 35.1 Å². The van der Waals surface area contributed by atoms with Crippen molar-refractivity contribution in [2.75, 3.05) is 28.2 Å². The van der Waals surface area contributed by atoms with Gasteiger partial charge in [-0.05, 0) is 161 Å². The van der Waals surface area contributed by atoms with E-state index in [-0.39, 0.29) is 123 Å². The van der Waals surface area contributed by atoms with Gasteiger partial charge in [-0.2, -0.15) is 38.0 Å². The summed E-state index contributed by atoms with van der Waals surface area (Å²) < 4.78 is 314. The quantitative estimate of drug-likeness (QED) is 0.0305. The monoisotopic (exact) mass is 1970 g/mol. The molecule has 0 bridgehead atoms. The van der Waals surface area contributed by atoms with Crippen LogP contribution >= 0.6 is 23.2 Å². The number of aryl methyl sites for hydroxylation is 1. The van der Waals surface area contributed by atoms with Gasteiger partial charge >= 0.3 is 0 Å². The summed E-state index contributed by atoms with van der Waals surface area (Å²) in [5, 5.41) is 19.5. The van der Waals surface area contributed by atoms with Gasteiger partial charge in [-0.3, -0.25) is 56.5 Å². The lowest BCUT2D eigenvalue weighted by Gasteiger charge is -2.24. The summed E-state index contributed by atoms with van der Waals surface area (Å²) in [5.74, 6) is -8.68. The fourth-order valence-electron chi connectivity index (χ4n) is 16.5. The molecule has 3 saturated carbocycles. The smallest absolute Gasteiger partial charge is 0.293 e. The lowest BCUT2D eigenvalue weighted by Crippen LogP contribution is -2.38. The summed E-state index contributed by atoms with van der Waals surface area (Å²) in [6.45, 7) is 2.18. The number of rotatable bonds is 25. The zero-order chi connectivity index (χ0) is 96.4. The van der Waals surface area contributed by atoms with Crippen molar-refractivity contribution in [2.24, 2.45) is 18.9 Å². The third kappa shape index (κ3) is 18.0. The molecule has 4 N–H and O–H groups in total. The number of sulfonamides is 2. The van der Waals surface area contributed by atoms with Gasteiger partial charge in [-0.25, -0.2) is 87.5 Å². The highest BCUT2D eigenvalue weighted by Gasteiger charge is 2.68. The summed E-state index contributed by atoms with van der Waals surface area (Å²) in [6, 6.07) is 14.6. The number of nitrogens with zero attached hydrogens (tertiary/aromatic N) is 12. The molecule has 0 aliphatic heterocycles. The molecule has 133 heavy (non-hydrogen) atoms. The van der Waals surface area contributed by atoms with Crippen molar-refractivity contribution in [1.29, 1.82) is 0 Å². The average molecular weight is 1970 g/mol. The van der Waals surface area contributed by atoms with Crippen LogP contribution in [0.4, 0.5) is 73.1 Å². The van der Waals surface area contributed by atoms with Crippen LogP contribution in [0.2, 0.25) is 10.0 Å². The van der Waals surface area contributed by atoms with E-state index in [2.05, 4.69) is 64.2 Å². The molecule has 0 unspecified atom stereocenters. The Kier molecular flexibility index (Phi) is 23.8. The Hall–Kier alpha value is -12.0. The van der Waals surface area contributed by atoms with Crippen molar-refractivity contribution < 1.29 is 105 Å². The number of alkyl halides is 10. The largest absolute Gasteiger partial charge is 0.344 e. The van der Waals surface area contributed by atoms with Crippen LogP contribution < -0.4 is 31.2 Å². The first-order valence-corrected chi connectivity index (χ1v) is 48.2. The topological polar surface area (TPSA) is 360 Å². The average Bonchev–Trinajstić information content (AvgIpc) is 1.51. The number of carbonyl (C=O) groups excluding carboxylic acids is 2. The Bertz CT molecular complexity index is 7710. The standard InChI is InChI=1S/C44H37ClF8N8O6S2.C41H35ClF6N8O6S2/c1-43(2,68(3,64)65)11-10-20-4-7-25-29(14-20)55-41(61(42(25)63)31-9-8-28(45)35-37(31)59(18-32(48)49)57-40(35)58-69(66,67)24-5-6-24)30(15-21-12-22(46)16-23(47)13-21)54-33(62)19-60-38-34(36(56-60)39(50)51)26-17-27(26)44(38,52)53;1-40(2,63(4,59)60)11-10-19-6-7-23-27(14-19)50-38(56(39(23)58)29-9-8-26(42)32-34(29)54(3)52-37(32)53-64(5,61)62)28(15-20-12-21(43)16-22(44)13-20)49-30(57)18-55-35-31(33(51-55)36(45)46)24-17-25(24)41(35,47)48/h4,7-9,12-14,16,24,26-27,30,32,39H,5-6,15,17-19H2,1-3H3,(H,54,62)(H,57,58);6-9,12-14,16,24-25,28,36H,15,17-18H2,1-5H3,(H,49,57)(H,52,53)/t26-,27+,30+;24-,25+,28+/m11/s1. The van der Waals surface area contributed by atoms with Gasteiger partial charge in [-0.15, -0.1) is 0 Å². The number of benzene rings is 6. The van der Waals surface area contributed by atoms with Crippen LogP contribution in [0, 0.1) is 58.8 Å². The second-order valence-corrected chi connectivity index (χ2v) is 43.7. The van der Waals surface area contributed by atoms with Gasteiger partial charge in [-0.1, -0.05) is 46.9 Å². The van der Waals surface area contributed by atoms with Crippen LogP contribution in [0.5, 0.6) is 0 Å². The number of amides is 2. The molecule has 6 aromatic heterocycles. The number of hydrogen-bond donors (Lipinski definition) is 4. The minimum atomic E-state index is -4.12. The zero-order valence-corrected chi connectivity index (χ0v) is 75.1. The van der Waals surface area contributed by atoms with Gasteiger partial charge < -0.3 is 10.6 Å². The molecule has 0 saturated heterocycles. The number of carbonyl (C=O) groups is 2. The Morgan fingerprint density at radius 1 is 0.534 bits per heavy atom. The lowest BCUT2D eigenvalue weighted by molar-refractivity contribution is -0.123. The van der Waals surface area contributed by atoms with Gasteiger partial charge in [0.25, 0.3) is 42.2 Å². The molecule has 6 aromatic carbocycles. The molecule has 48 heteroatoms. The first-order chi connectivity index (χ1) is 62.0. The molecular formula is C85H72Cl2F14N16O12S4. The lowest BCUT2D eigenvalue weighted by atomic mass is 10.0. The molecule has 6 atom stereocenters. The summed E-state index contributed by atoms with van der Waals surface area (Å²) in [6.07, 6.45) is -7.44. The van der Waals surface area contributed by atoms with Crippen molar-refractivity contribution in [3.63, 3.8) is 0 Å². The highest BCUT2D eigenvalue weighted by molar-refractivity contribution is 7.93. The van der Waals surface area contributed by atoms with E-state index in [0.29, 0.717) is 39.0 Å². The fraction of sp³-hybridized carbons (Fsp3) is 0.365. The summed E-state index contributed by atoms with van der Waals surface area (Å²) in [7, 11) is -14.0. The zero-order valence-electron chi connectivity index (χ0n) is 70.3. The van der Waals surface area contributed by atoms with E-state index in [9.17, 15) is 92.0 Å². The molecule has 28 nitrogen and oxygen atoms in total. The highest BCUT2D eigenvalue weighted by atomic mass is 35.5.